The van der Waals surface area contributed by atoms with E-state index in [0.29, 0.717) is 11.4 Å². The van der Waals surface area contributed by atoms with Crippen LogP contribution in [-0.4, -0.2) is 18.7 Å². The fourth-order valence-electron chi connectivity index (χ4n) is 1.25. The minimum absolute atomic E-state index is 0.0129. The summed E-state index contributed by atoms with van der Waals surface area (Å²) >= 11 is 0. The van der Waals surface area contributed by atoms with Crippen LogP contribution in [0.25, 0.3) is 0 Å². The van der Waals surface area contributed by atoms with Crippen molar-refractivity contribution >= 4 is 11.6 Å². The summed E-state index contributed by atoms with van der Waals surface area (Å²) in [6, 6.07) is 6.44. The van der Waals surface area contributed by atoms with E-state index >= 15 is 0 Å². The fourth-order valence-corrected chi connectivity index (χ4v) is 1.25. The predicted octanol–water partition coefficient (Wildman–Crippen LogP) is 2.71. The number of alkyl halides is 3. The van der Waals surface area contributed by atoms with Gasteiger partial charge in [-0.25, -0.2) is 0 Å². The summed E-state index contributed by atoms with van der Waals surface area (Å²) < 4.78 is 40.7. The zero-order valence-corrected chi connectivity index (χ0v) is 9.55. The van der Waals surface area contributed by atoms with Crippen molar-refractivity contribution in [1.29, 1.82) is 5.41 Å². The molecule has 0 aliphatic heterocycles. The molecule has 0 amide bonds. The summed E-state index contributed by atoms with van der Waals surface area (Å²) in [7, 11) is 0. The molecule has 18 heavy (non-hydrogen) atoms. The monoisotopic (exact) mass is 261 g/mol. The number of guanidine groups is 1. The van der Waals surface area contributed by atoms with Gasteiger partial charge in [0, 0.05) is 12.1 Å². The van der Waals surface area contributed by atoms with Crippen molar-refractivity contribution in [3.8, 4) is 5.75 Å². The van der Waals surface area contributed by atoms with Crippen molar-refractivity contribution in [2.75, 3.05) is 11.9 Å². The Morgan fingerprint density at radius 3 is 2.39 bits per heavy atom. The van der Waals surface area contributed by atoms with Crippen LogP contribution in [0.2, 0.25) is 0 Å². The summed E-state index contributed by atoms with van der Waals surface area (Å²) in [5.41, 5.74) is 5.75. The lowest BCUT2D eigenvalue weighted by atomic mass is 10.3. The van der Waals surface area contributed by atoms with Gasteiger partial charge in [-0.3, -0.25) is 5.41 Å². The van der Waals surface area contributed by atoms with E-state index < -0.39 is 12.6 Å². The molecule has 4 N–H and O–H groups in total. The van der Waals surface area contributed by atoms with Gasteiger partial charge in [0.25, 0.3) is 0 Å². The second-order valence-electron chi connectivity index (χ2n) is 3.63. The van der Waals surface area contributed by atoms with E-state index in [4.69, 9.17) is 15.9 Å². The quantitative estimate of drug-likeness (QED) is 0.433. The Balaban J connectivity index is 2.33. The number of halogens is 3. The number of nitrogens with two attached hydrogens (primary N) is 1. The number of ether oxygens (including phenoxy) is 1. The first-order chi connectivity index (χ1) is 8.37. The molecular formula is C11H14F3N3O. The van der Waals surface area contributed by atoms with Gasteiger partial charge in [0.2, 0.25) is 0 Å². The van der Waals surface area contributed by atoms with E-state index in [0.717, 1.165) is 0 Å². The molecule has 0 atom stereocenters. The van der Waals surface area contributed by atoms with Gasteiger partial charge in [0.05, 0.1) is 6.61 Å². The summed E-state index contributed by atoms with van der Waals surface area (Å²) in [5, 5.41) is 9.58. The first-order valence-corrected chi connectivity index (χ1v) is 5.27. The minimum atomic E-state index is -4.14. The number of nitrogens with one attached hydrogen (secondary N) is 2. The lowest BCUT2D eigenvalue weighted by Crippen LogP contribution is -2.20. The number of hydrogen-bond acceptors (Lipinski definition) is 2. The standard InChI is InChI=1S/C11H14F3N3O/c12-11(13,14)6-1-7-18-9-4-2-8(3-5-9)17-10(15)16/h2-5H,1,6-7H2,(H4,15,16,17). The molecule has 0 heterocycles. The molecule has 0 saturated heterocycles. The van der Waals surface area contributed by atoms with Gasteiger partial charge in [-0.15, -0.1) is 0 Å². The molecule has 0 aliphatic rings. The van der Waals surface area contributed by atoms with Gasteiger partial charge >= 0.3 is 6.18 Å². The van der Waals surface area contributed by atoms with Crippen LogP contribution >= 0.6 is 0 Å². The van der Waals surface area contributed by atoms with Gasteiger partial charge in [-0.05, 0) is 30.7 Å². The van der Waals surface area contributed by atoms with Crippen molar-refractivity contribution in [2.24, 2.45) is 5.73 Å². The second kappa shape index (κ2) is 6.13. The Morgan fingerprint density at radius 1 is 1.28 bits per heavy atom. The fraction of sp³-hybridized carbons (Fsp3) is 0.364. The van der Waals surface area contributed by atoms with Crippen LogP contribution in [0.1, 0.15) is 12.8 Å². The van der Waals surface area contributed by atoms with E-state index in [2.05, 4.69) is 5.32 Å². The molecule has 1 aromatic carbocycles. The highest BCUT2D eigenvalue weighted by atomic mass is 19.4. The lowest BCUT2D eigenvalue weighted by Gasteiger charge is -2.09. The van der Waals surface area contributed by atoms with Crippen molar-refractivity contribution < 1.29 is 17.9 Å². The largest absolute Gasteiger partial charge is 0.494 e. The van der Waals surface area contributed by atoms with Gasteiger partial charge in [0.15, 0.2) is 5.96 Å². The molecule has 0 fully saturated rings. The number of hydrogen-bond donors (Lipinski definition) is 3. The maximum atomic E-state index is 11.9. The van der Waals surface area contributed by atoms with E-state index in [1.54, 1.807) is 24.3 Å². The SMILES string of the molecule is N=C(N)Nc1ccc(OCCCC(F)(F)F)cc1. The summed E-state index contributed by atoms with van der Waals surface area (Å²) in [4.78, 5) is 0. The topological polar surface area (TPSA) is 71.1 Å². The van der Waals surface area contributed by atoms with Crippen LogP contribution in [0.5, 0.6) is 5.75 Å². The Labute approximate surface area is 102 Å². The van der Waals surface area contributed by atoms with Crippen LogP contribution in [0.15, 0.2) is 24.3 Å². The molecule has 0 saturated carbocycles. The molecule has 1 rings (SSSR count). The van der Waals surface area contributed by atoms with Gasteiger partial charge in [-0.1, -0.05) is 0 Å². The van der Waals surface area contributed by atoms with E-state index in [1.807, 2.05) is 0 Å². The zero-order chi connectivity index (χ0) is 13.6. The van der Waals surface area contributed by atoms with E-state index in [1.165, 1.54) is 0 Å². The molecule has 1 aromatic rings. The van der Waals surface area contributed by atoms with Crippen molar-refractivity contribution in [1.82, 2.24) is 0 Å². The maximum absolute atomic E-state index is 11.9. The van der Waals surface area contributed by atoms with Crippen LogP contribution in [0, 0.1) is 5.41 Å². The highest BCUT2D eigenvalue weighted by Gasteiger charge is 2.26. The Hall–Kier alpha value is -1.92. The normalized spacial score (nSPS) is 11.1. The third-order valence-electron chi connectivity index (χ3n) is 2.01. The lowest BCUT2D eigenvalue weighted by molar-refractivity contribution is -0.136. The van der Waals surface area contributed by atoms with Crippen molar-refractivity contribution in [2.45, 2.75) is 19.0 Å². The number of anilines is 1. The molecule has 0 unspecified atom stereocenters. The van der Waals surface area contributed by atoms with Gasteiger partial charge in [0.1, 0.15) is 5.75 Å². The van der Waals surface area contributed by atoms with E-state index in [-0.39, 0.29) is 19.0 Å². The summed E-state index contributed by atoms with van der Waals surface area (Å²) in [5.74, 6) is 0.292. The van der Waals surface area contributed by atoms with Crippen molar-refractivity contribution in [3.05, 3.63) is 24.3 Å². The van der Waals surface area contributed by atoms with Gasteiger partial charge in [-0.2, -0.15) is 13.2 Å². The maximum Gasteiger partial charge on any atom is 0.389 e. The summed E-state index contributed by atoms with van der Waals surface area (Å²) in [6.07, 6.45) is -5.06. The van der Waals surface area contributed by atoms with Gasteiger partial charge < -0.3 is 15.8 Å². The van der Waals surface area contributed by atoms with Crippen molar-refractivity contribution in [3.63, 3.8) is 0 Å². The molecule has 0 spiro atoms. The average molecular weight is 261 g/mol. The first-order valence-electron chi connectivity index (χ1n) is 5.27. The van der Waals surface area contributed by atoms with Crippen LogP contribution in [0.3, 0.4) is 0 Å². The zero-order valence-electron chi connectivity index (χ0n) is 9.55. The molecule has 0 aliphatic carbocycles. The third-order valence-corrected chi connectivity index (χ3v) is 2.01. The Bertz CT molecular complexity index is 390. The Morgan fingerprint density at radius 2 is 1.89 bits per heavy atom. The molecule has 100 valence electrons. The molecule has 0 bridgehead atoms. The second-order valence-corrected chi connectivity index (χ2v) is 3.63. The molecule has 0 aromatic heterocycles. The first kappa shape index (κ1) is 14.1. The molecule has 4 nitrogen and oxygen atoms in total. The number of rotatable bonds is 5. The molecule has 0 radical (unpaired) electrons. The molecular weight excluding hydrogens is 247 g/mol. The average Bonchev–Trinajstić information content (AvgIpc) is 2.24. The Kier molecular flexibility index (Phi) is 4.82. The van der Waals surface area contributed by atoms with E-state index in [9.17, 15) is 13.2 Å². The highest BCUT2D eigenvalue weighted by Crippen LogP contribution is 2.22. The molecule has 7 heteroatoms. The smallest absolute Gasteiger partial charge is 0.389 e. The third kappa shape index (κ3) is 5.97. The minimum Gasteiger partial charge on any atom is -0.494 e. The van der Waals surface area contributed by atoms with Crippen LogP contribution in [0.4, 0.5) is 18.9 Å². The highest BCUT2D eigenvalue weighted by molar-refractivity contribution is 5.89. The van der Waals surface area contributed by atoms with Crippen LogP contribution < -0.4 is 15.8 Å². The van der Waals surface area contributed by atoms with Crippen LogP contribution in [-0.2, 0) is 0 Å². The predicted molar refractivity (Wildman–Crippen MR) is 62.8 cm³/mol. The summed E-state index contributed by atoms with van der Waals surface area (Å²) in [6.45, 7) is 0.0129. The number of benzene rings is 1.